The zero-order valence-corrected chi connectivity index (χ0v) is 15.4. The molecule has 0 fully saturated rings. The van der Waals surface area contributed by atoms with E-state index < -0.39 is 11.8 Å². The van der Waals surface area contributed by atoms with E-state index in [1.165, 1.54) is 18.2 Å². The van der Waals surface area contributed by atoms with Crippen molar-refractivity contribution in [2.75, 3.05) is 5.32 Å². The highest BCUT2D eigenvalue weighted by Crippen LogP contribution is 2.49. The minimum Gasteiger partial charge on any atom is -0.477 e. The Labute approximate surface area is 163 Å². The van der Waals surface area contributed by atoms with Gasteiger partial charge in [-0.25, -0.2) is 9.18 Å². The Kier molecular flexibility index (Phi) is 4.45. The fourth-order valence-electron chi connectivity index (χ4n) is 3.32. The SMILES string of the molecule is O=C1C[C@H](c2ccc(Cl)cc2)c2sc(C(=O)O)c(-c3cccc(F)c3)c2N1. The molecule has 0 bridgehead atoms. The van der Waals surface area contributed by atoms with Gasteiger partial charge in [0.15, 0.2) is 0 Å². The number of nitrogens with one attached hydrogen (secondary N) is 1. The van der Waals surface area contributed by atoms with E-state index in [4.69, 9.17) is 11.6 Å². The lowest BCUT2D eigenvalue weighted by Gasteiger charge is -2.24. The smallest absolute Gasteiger partial charge is 0.346 e. The Balaban J connectivity index is 1.94. The van der Waals surface area contributed by atoms with Crippen molar-refractivity contribution in [2.45, 2.75) is 12.3 Å². The first-order valence-corrected chi connectivity index (χ1v) is 9.34. The number of halogens is 2. The number of carboxylic acid groups (broad SMARTS) is 1. The molecule has 0 unspecified atom stereocenters. The molecular weight excluding hydrogens is 389 g/mol. The van der Waals surface area contributed by atoms with Crippen molar-refractivity contribution in [3.8, 4) is 11.1 Å². The van der Waals surface area contributed by atoms with E-state index in [9.17, 15) is 19.1 Å². The molecule has 136 valence electrons. The number of thiophene rings is 1. The van der Waals surface area contributed by atoms with Crippen LogP contribution in [-0.4, -0.2) is 17.0 Å². The molecule has 2 aromatic carbocycles. The molecule has 0 aliphatic carbocycles. The molecule has 1 atom stereocenters. The van der Waals surface area contributed by atoms with Gasteiger partial charge in [0.1, 0.15) is 10.7 Å². The molecule has 7 heteroatoms. The van der Waals surface area contributed by atoms with Crippen LogP contribution in [0.25, 0.3) is 11.1 Å². The van der Waals surface area contributed by atoms with Crippen molar-refractivity contribution in [2.24, 2.45) is 0 Å². The van der Waals surface area contributed by atoms with Crippen LogP contribution in [0.1, 0.15) is 32.5 Å². The van der Waals surface area contributed by atoms with E-state index in [2.05, 4.69) is 5.32 Å². The third-order valence-corrected chi connectivity index (χ3v) is 6.03. The zero-order chi connectivity index (χ0) is 19.1. The van der Waals surface area contributed by atoms with Gasteiger partial charge >= 0.3 is 5.97 Å². The quantitative estimate of drug-likeness (QED) is 0.619. The van der Waals surface area contributed by atoms with E-state index >= 15 is 0 Å². The van der Waals surface area contributed by atoms with Crippen LogP contribution in [0.15, 0.2) is 48.5 Å². The number of carboxylic acids is 1. The normalized spacial score (nSPS) is 15.9. The molecule has 2 heterocycles. The maximum absolute atomic E-state index is 13.7. The number of aromatic carboxylic acids is 1. The van der Waals surface area contributed by atoms with Gasteiger partial charge in [-0.15, -0.1) is 11.3 Å². The summed E-state index contributed by atoms with van der Waals surface area (Å²) in [7, 11) is 0. The highest BCUT2D eigenvalue weighted by Gasteiger charge is 2.34. The lowest BCUT2D eigenvalue weighted by Crippen LogP contribution is -2.22. The van der Waals surface area contributed by atoms with Crippen LogP contribution in [0, 0.1) is 5.82 Å². The number of carbonyl (C=O) groups is 2. The number of carbonyl (C=O) groups excluding carboxylic acids is 1. The van der Waals surface area contributed by atoms with Gasteiger partial charge in [-0.3, -0.25) is 4.79 Å². The van der Waals surface area contributed by atoms with Crippen molar-refractivity contribution < 1.29 is 19.1 Å². The lowest BCUT2D eigenvalue weighted by molar-refractivity contribution is -0.116. The van der Waals surface area contributed by atoms with Crippen LogP contribution in [0.4, 0.5) is 10.1 Å². The predicted octanol–water partition coefficient (Wildman–Crippen LogP) is 5.38. The van der Waals surface area contributed by atoms with Gasteiger partial charge in [0.25, 0.3) is 0 Å². The summed E-state index contributed by atoms with van der Waals surface area (Å²) >= 11 is 7.07. The van der Waals surface area contributed by atoms with Crippen molar-refractivity contribution >= 4 is 40.5 Å². The number of anilines is 1. The molecule has 27 heavy (non-hydrogen) atoms. The van der Waals surface area contributed by atoms with E-state index in [0.717, 1.165) is 21.8 Å². The second-order valence-electron chi connectivity index (χ2n) is 6.22. The molecule has 2 N–H and O–H groups in total. The summed E-state index contributed by atoms with van der Waals surface area (Å²) in [5.41, 5.74) is 2.08. The van der Waals surface area contributed by atoms with Gasteiger partial charge in [0.05, 0.1) is 5.69 Å². The molecule has 0 saturated heterocycles. The second kappa shape index (κ2) is 6.79. The molecule has 0 spiro atoms. The van der Waals surface area contributed by atoms with Crippen molar-refractivity contribution in [1.29, 1.82) is 0 Å². The minimum absolute atomic E-state index is 0.0757. The van der Waals surface area contributed by atoms with Crippen LogP contribution in [-0.2, 0) is 4.79 Å². The predicted molar refractivity (Wildman–Crippen MR) is 103 cm³/mol. The standard InChI is InChI=1S/C20H13ClFNO3S/c21-12-6-4-10(5-7-12)14-9-15(24)23-17-16(11-2-1-3-13(22)8-11)19(20(25)26)27-18(14)17/h1-8,14H,9H2,(H,23,24)(H,25,26)/t14-/m1/s1. The maximum atomic E-state index is 13.7. The summed E-state index contributed by atoms with van der Waals surface area (Å²) in [5.74, 6) is -2.08. The number of hydrogen-bond acceptors (Lipinski definition) is 3. The fraction of sp³-hybridized carbons (Fsp3) is 0.100. The number of amides is 1. The molecule has 1 amide bonds. The monoisotopic (exact) mass is 401 g/mol. The summed E-state index contributed by atoms with van der Waals surface area (Å²) in [5, 5.41) is 13.1. The van der Waals surface area contributed by atoms with Gasteiger partial charge < -0.3 is 10.4 Å². The summed E-state index contributed by atoms with van der Waals surface area (Å²) in [6, 6.07) is 12.8. The average molecular weight is 402 g/mol. The van der Waals surface area contributed by atoms with E-state index in [0.29, 0.717) is 21.8 Å². The van der Waals surface area contributed by atoms with Crippen molar-refractivity contribution in [1.82, 2.24) is 0 Å². The van der Waals surface area contributed by atoms with Crippen LogP contribution in [0.3, 0.4) is 0 Å². The second-order valence-corrected chi connectivity index (χ2v) is 7.71. The summed E-state index contributed by atoms with van der Waals surface area (Å²) in [6.45, 7) is 0. The first-order chi connectivity index (χ1) is 12.9. The van der Waals surface area contributed by atoms with Gasteiger partial charge in [-0.1, -0.05) is 35.9 Å². The third kappa shape index (κ3) is 3.22. The van der Waals surface area contributed by atoms with Crippen LogP contribution in [0.2, 0.25) is 5.02 Å². The molecular formula is C20H13ClFNO3S. The molecule has 1 aliphatic heterocycles. The van der Waals surface area contributed by atoms with Gasteiger partial charge in [0, 0.05) is 27.8 Å². The third-order valence-electron chi connectivity index (χ3n) is 4.49. The molecule has 4 rings (SSSR count). The Morgan fingerprint density at radius 1 is 1.22 bits per heavy atom. The number of rotatable bonds is 3. The highest BCUT2D eigenvalue weighted by molar-refractivity contribution is 7.15. The Morgan fingerprint density at radius 2 is 1.96 bits per heavy atom. The first-order valence-electron chi connectivity index (χ1n) is 8.15. The summed E-state index contributed by atoms with van der Waals surface area (Å²) < 4.78 is 13.7. The number of benzene rings is 2. The maximum Gasteiger partial charge on any atom is 0.346 e. The lowest BCUT2D eigenvalue weighted by atomic mass is 9.88. The Morgan fingerprint density at radius 3 is 2.63 bits per heavy atom. The summed E-state index contributed by atoms with van der Waals surface area (Å²) in [4.78, 5) is 25.0. The molecule has 3 aromatic rings. The molecule has 0 saturated carbocycles. The molecule has 0 radical (unpaired) electrons. The number of fused-ring (bicyclic) bond motifs is 1. The first kappa shape index (κ1) is 17.7. The summed E-state index contributed by atoms with van der Waals surface area (Å²) in [6.07, 6.45) is 0.205. The largest absolute Gasteiger partial charge is 0.477 e. The average Bonchev–Trinajstić information content (AvgIpc) is 3.01. The van der Waals surface area contributed by atoms with Crippen molar-refractivity contribution in [3.63, 3.8) is 0 Å². The van der Waals surface area contributed by atoms with E-state index in [1.807, 2.05) is 12.1 Å². The highest BCUT2D eigenvalue weighted by atomic mass is 35.5. The topological polar surface area (TPSA) is 66.4 Å². The van der Waals surface area contributed by atoms with Gasteiger partial charge in [0.2, 0.25) is 5.91 Å². The van der Waals surface area contributed by atoms with Crippen LogP contribution < -0.4 is 5.32 Å². The Hall–Kier alpha value is -2.70. The Bertz CT molecular complexity index is 1060. The van der Waals surface area contributed by atoms with Crippen molar-refractivity contribution in [3.05, 3.63) is 74.7 Å². The van der Waals surface area contributed by atoms with Gasteiger partial charge in [-0.2, -0.15) is 0 Å². The van der Waals surface area contributed by atoms with E-state index in [1.54, 1.807) is 18.2 Å². The number of hydrogen-bond donors (Lipinski definition) is 2. The van der Waals surface area contributed by atoms with Gasteiger partial charge in [-0.05, 0) is 35.4 Å². The van der Waals surface area contributed by atoms with Crippen LogP contribution >= 0.6 is 22.9 Å². The molecule has 1 aromatic heterocycles. The van der Waals surface area contributed by atoms with E-state index in [-0.39, 0.29) is 23.1 Å². The minimum atomic E-state index is -1.11. The molecule has 4 nitrogen and oxygen atoms in total. The fourth-order valence-corrected chi connectivity index (χ4v) is 4.69. The zero-order valence-electron chi connectivity index (χ0n) is 13.8. The molecule has 1 aliphatic rings. The van der Waals surface area contributed by atoms with Crippen LogP contribution in [0.5, 0.6) is 0 Å².